The molecule has 0 amide bonds. The lowest BCUT2D eigenvalue weighted by Crippen LogP contribution is -2.39. The molecule has 0 aromatic carbocycles. The fourth-order valence-corrected chi connectivity index (χ4v) is 0.800. The van der Waals surface area contributed by atoms with Gasteiger partial charge in [-0.2, -0.15) is 0 Å². The summed E-state index contributed by atoms with van der Waals surface area (Å²) in [5.74, 6) is 0. The molecule has 12 heavy (non-hydrogen) atoms. The molecular weight excluding hydrogens is 150 g/mol. The van der Waals surface area contributed by atoms with E-state index in [0.29, 0.717) is 0 Å². The molecule has 0 unspecified atom stereocenters. The summed E-state index contributed by atoms with van der Waals surface area (Å²) in [6, 6.07) is 3.84. The van der Waals surface area contributed by atoms with E-state index in [9.17, 15) is 0 Å². The number of nitrogens with one attached hydrogen (secondary N) is 1. The van der Waals surface area contributed by atoms with Gasteiger partial charge in [-0.15, -0.1) is 0 Å². The van der Waals surface area contributed by atoms with E-state index < -0.39 is 0 Å². The van der Waals surface area contributed by atoms with Crippen molar-refractivity contribution in [3.05, 3.63) is 24.5 Å². The van der Waals surface area contributed by atoms with Crippen LogP contribution in [0.4, 0.5) is 5.69 Å². The summed E-state index contributed by atoms with van der Waals surface area (Å²) < 4.78 is 0. The average Bonchev–Trinajstić information content (AvgIpc) is 2.02. The van der Waals surface area contributed by atoms with Crippen LogP contribution in [0.2, 0.25) is 0 Å². The molecule has 1 heterocycles. The number of anilines is 1. The Hall–Kier alpha value is -1.09. The SMILES string of the molecule is CC(C)(N)CNc1ccncc1. The van der Waals surface area contributed by atoms with E-state index in [1.54, 1.807) is 12.4 Å². The summed E-state index contributed by atoms with van der Waals surface area (Å²) in [7, 11) is 0. The van der Waals surface area contributed by atoms with Crippen LogP contribution in [0.15, 0.2) is 24.5 Å². The molecule has 1 aromatic rings. The van der Waals surface area contributed by atoms with Crippen LogP contribution in [-0.2, 0) is 0 Å². The van der Waals surface area contributed by atoms with Crippen LogP contribution in [0.1, 0.15) is 13.8 Å². The summed E-state index contributed by atoms with van der Waals surface area (Å²) >= 11 is 0. The van der Waals surface area contributed by atoms with Crippen LogP contribution in [0.25, 0.3) is 0 Å². The molecule has 0 saturated carbocycles. The molecule has 1 aromatic heterocycles. The van der Waals surface area contributed by atoms with E-state index in [1.807, 2.05) is 26.0 Å². The zero-order valence-electron chi connectivity index (χ0n) is 7.54. The largest absolute Gasteiger partial charge is 0.383 e. The van der Waals surface area contributed by atoms with Crippen molar-refractivity contribution in [1.29, 1.82) is 0 Å². The van der Waals surface area contributed by atoms with Crippen molar-refractivity contribution in [1.82, 2.24) is 4.98 Å². The van der Waals surface area contributed by atoms with Gasteiger partial charge in [0.05, 0.1) is 0 Å². The maximum atomic E-state index is 5.81. The van der Waals surface area contributed by atoms with Crippen molar-refractivity contribution in [3.63, 3.8) is 0 Å². The molecule has 0 saturated heterocycles. The molecule has 3 heteroatoms. The highest BCUT2D eigenvalue weighted by atomic mass is 14.9. The van der Waals surface area contributed by atoms with Crippen LogP contribution >= 0.6 is 0 Å². The molecule has 66 valence electrons. The Morgan fingerprint density at radius 2 is 2.00 bits per heavy atom. The van der Waals surface area contributed by atoms with E-state index in [2.05, 4.69) is 10.3 Å². The third kappa shape index (κ3) is 3.34. The molecule has 0 spiro atoms. The fourth-order valence-electron chi connectivity index (χ4n) is 0.800. The normalized spacial score (nSPS) is 11.2. The minimum Gasteiger partial charge on any atom is -0.383 e. The van der Waals surface area contributed by atoms with E-state index in [4.69, 9.17) is 5.73 Å². The van der Waals surface area contributed by atoms with Gasteiger partial charge in [0.25, 0.3) is 0 Å². The first-order valence-corrected chi connectivity index (χ1v) is 4.01. The molecule has 3 N–H and O–H groups in total. The highest BCUT2D eigenvalue weighted by molar-refractivity contribution is 5.41. The lowest BCUT2D eigenvalue weighted by Gasteiger charge is -2.19. The van der Waals surface area contributed by atoms with Crippen LogP contribution in [0.3, 0.4) is 0 Å². The van der Waals surface area contributed by atoms with Gasteiger partial charge in [0.15, 0.2) is 0 Å². The molecule has 0 fully saturated rings. The lowest BCUT2D eigenvalue weighted by atomic mass is 10.1. The summed E-state index contributed by atoms with van der Waals surface area (Å²) in [4.78, 5) is 3.92. The molecule has 0 radical (unpaired) electrons. The highest BCUT2D eigenvalue weighted by Gasteiger charge is 2.08. The fraction of sp³-hybridized carbons (Fsp3) is 0.444. The maximum absolute atomic E-state index is 5.81. The van der Waals surface area contributed by atoms with Gasteiger partial charge in [0.2, 0.25) is 0 Å². The number of pyridine rings is 1. The Bertz CT molecular complexity index is 225. The lowest BCUT2D eigenvalue weighted by molar-refractivity contribution is 0.549. The number of nitrogens with two attached hydrogens (primary N) is 1. The second kappa shape index (κ2) is 3.54. The van der Waals surface area contributed by atoms with Gasteiger partial charge in [-0.3, -0.25) is 4.98 Å². The Morgan fingerprint density at radius 1 is 1.42 bits per heavy atom. The molecule has 3 nitrogen and oxygen atoms in total. The summed E-state index contributed by atoms with van der Waals surface area (Å²) in [5, 5.41) is 3.22. The second-order valence-corrected chi connectivity index (χ2v) is 3.58. The smallest absolute Gasteiger partial charge is 0.0371 e. The minimum atomic E-state index is -0.177. The van der Waals surface area contributed by atoms with Gasteiger partial charge in [-0.25, -0.2) is 0 Å². The molecule has 0 aliphatic carbocycles. The maximum Gasteiger partial charge on any atom is 0.0371 e. The summed E-state index contributed by atoms with van der Waals surface area (Å²) in [6.07, 6.45) is 3.51. The quantitative estimate of drug-likeness (QED) is 0.708. The van der Waals surface area contributed by atoms with Gasteiger partial charge < -0.3 is 11.1 Å². The van der Waals surface area contributed by atoms with Gasteiger partial charge in [0.1, 0.15) is 0 Å². The van der Waals surface area contributed by atoms with Crippen molar-refractivity contribution < 1.29 is 0 Å². The highest BCUT2D eigenvalue weighted by Crippen LogP contribution is 2.05. The van der Waals surface area contributed by atoms with Crippen LogP contribution < -0.4 is 11.1 Å². The zero-order chi connectivity index (χ0) is 9.03. The summed E-state index contributed by atoms with van der Waals surface area (Å²) in [5.41, 5.74) is 6.69. The van der Waals surface area contributed by atoms with Crippen LogP contribution in [0.5, 0.6) is 0 Å². The zero-order valence-corrected chi connectivity index (χ0v) is 7.54. The first-order chi connectivity index (χ1) is 5.58. The number of aromatic nitrogens is 1. The topological polar surface area (TPSA) is 50.9 Å². The average molecular weight is 165 g/mol. The number of nitrogens with zero attached hydrogens (tertiary/aromatic N) is 1. The van der Waals surface area contributed by atoms with Crippen molar-refractivity contribution in [2.75, 3.05) is 11.9 Å². The van der Waals surface area contributed by atoms with Crippen LogP contribution in [0, 0.1) is 0 Å². The van der Waals surface area contributed by atoms with Crippen LogP contribution in [-0.4, -0.2) is 17.1 Å². The molecule has 0 bridgehead atoms. The van der Waals surface area contributed by atoms with E-state index in [1.165, 1.54) is 0 Å². The van der Waals surface area contributed by atoms with Crippen molar-refractivity contribution in [2.24, 2.45) is 5.73 Å². The predicted octanol–water partition coefficient (Wildman–Crippen LogP) is 1.23. The van der Waals surface area contributed by atoms with E-state index >= 15 is 0 Å². The van der Waals surface area contributed by atoms with Crippen molar-refractivity contribution in [3.8, 4) is 0 Å². The predicted molar refractivity (Wildman–Crippen MR) is 51.0 cm³/mol. The first kappa shape index (κ1) is 9.00. The number of hydrogen-bond acceptors (Lipinski definition) is 3. The minimum absolute atomic E-state index is 0.177. The van der Waals surface area contributed by atoms with Crippen molar-refractivity contribution in [2.45, 2.75) is 19.4 Å². The molecular formula is C9H15N3. The molecule has 0 aliphatic rings. The molecule has 0 aliphatic heterocycles. The van der Waals surface area contributed by atoms with E-state index in [0.717, 1.165) is 12.2 Å². The Morgan fingerprint density at radius 3 is 2.50 bits per heavy atom. The monoisotopic (exact) mass is 165 g/mol. The summed E-state index contributed by atoms with van der Waals surface area (Å²) in [6.45, 7) is 4.74. The van der Waals surface area contributed by atoms with E-state index in [-0.39, 0.29) is 5.54 Å². The van der Waals surface area contributed by atoms with Crippen molar-refractivity contribution >= 4 is 5.69 Å². The Labute approximate surface area is 73.0 Å². The van der Waals surface area contributed by atoms with Gasteiger partial charge >= 0.3 is 0 Å². The standard InChI is InChI=1S/C9H15N3/c1-9(2,10)7-12-8-3-5-11-6-4-8/h3-6H,7,10H2,1-2H3,(H,11,12). The second-order valence-electron chi connectivity index (χ2n) is 3.58. The van der Waals surface area contributed by atoms with Gasteiger partial charge in [-0.1, -0.05) is 0 Å². The first-order valence-electron chi connectivity index (χ1n) is 4.01. The number of rotatable bonds is 3. The third-order valence-electron chi connectivity index (χ3n) is 1.43. The van der Waals surface area contributed by atoms with Gasteiger partial charge in [-0.05, 0) is 26.0 Å². The Kier molecular flexibility index (Phi) is 2.65. The molecule has 1 rings (SSSR count). The molecule has 0 atom stereocenters. The third-order valence-corrected chi connectivity index (χ3v) is 1.43. The van der Waals surface area contributed by atoms with Gasteiger partial charge in [0, 0.05) is 30.2 Å². The number of hydrogen-bond donors (Lipinski definition) is 2. The Balaban J connectivity index is 2.44.